The molecule has 0 fully saturated rings. The van der Waals surface area contributed by atoms with Gasteiger partial charge in [0.25, 0.3) is 5.56 Å². The van der Waals surface area contributed by atoms with E-state index in [-0.39, 0.29) is 22.9 Å². The lowest BCUT2D eigenvalue weighted by molar-refractivity contribution is 0.543. The van der Waals surface area contributed by atoms with Crippen LogP contribution in [0.3, 0.4) is 0 Å². The van der Waals surface area contributed by atoms with Gasteiger partial charge in [-0.25, -0.2) is 27.5 Å². The van der Waals surface area contributed by atoms with Gasteiger partial charge in [0.1, 0.15) is 16.9 Å². The molecule has 0 radical (unpaired) electrons. The summed E-state index contributed by atoms with van der Waals surface area (Å²) in [4.78, 5) is 15.6. The molecule has 0 aliphatic rings. The summed E-state index contributed by atoms with van der Waals surface area (Å²) in [5.74, 6) is 0.403. The second-order valence-electron chi connectivity index (χ2n) is 4.55. The second kappa shape index (κ2) is 6.81. The molecule has 0 aliphatic carbocycles. The first-order chi connectivity index (χ1) is 11.5. The quantitative estimate of drug-likeness (QED) is 0.660. The number of thiophene rings is 1. The molecule has 0 aromatic carbocycles. The largest absolute Gasteiger partial charge is 0.268 e. The molecule has 0 saturated heterocycles. The molecule has 3 heterocycles. The summed E-state index contributed by atoms with van der Waals surface area (Å²) < 4.78 is 29.6. The Morgan fingerprint density at radius 3 is 2.75 bits per heavy atom. The summed E-state index contributed by atoms with van der Waals surface area (Å²) >= 11 is 6.70. The van der Waals surface area contributed by atoms with E-state index in [4.69, 9.17) is 11.6 Å². The van der Waals surface area contributed by atoms with Crippen LogP contribution in [-0.4, -0.2) is 39.5 Å². The highest BCUT2D eigenvalue weighted by molar-refractivity contribution is 7.91. The Kier molecular flexibility index (Phi) is 4.76. The van der Waals surface area contributed by atoms with Crippen molar-refractivity contribution in [2.24, 2.45) is 0 Å². The Balaban J connectivity index is 1.71. The minimum atomic E-state index is -3.66. The summed E-state index contributed by atoms with van der Waals surface area (Å²) in [6.45, 7) is 0.0747. The molecular formula is C12H11ClN6O3S2. The van der Waals surface area contributed by atoms with Gasteiger partial charge >= 0.3 is 0 Å². The lowest BCUT2D eigenvalue weighted by Crippen LogP contribution is -2.32. The Hall–Kier alpha value is -2.08. The molecule has 126 valence electrons. The van der Waals surface area contributed by atoms with E-state index in [1.54, 1.807) is 0 Å². The highest BCUT2D eigenvalue weighted by Gasteiger charge is 2.16. The highest BCUT2D eigenvalue weighted by atomic mass is 35.5. The van der Waals surface area contributed by atoms with Crippen molar-refractivity contribution in [3.8, 4) is 5.82 Å². The molecule has 3 aromatic heterocycles. The Bertz CT molecular complexity index is 996. The van der Waals surface area contributed by atoms with E-state index in [0.29, 0.717) is 10.2 Å². The average Bonchev–Trinajstić information content (AvgIpc) is 3.20. The molecule has 12 heteroatoms. The molecule has 0 bridgehead atoms. The third kappa shape index (κ3) is 3.70. The first kappa shape index (κ1) is 16.8. The van der Waals surface area contributed by atoms with Crippen LogP contribution >= 0.6 is 22.9 Å². The van der Waals surface area contributed by atoms with Crippen LogP contribution in [0.4, 0.5) is 0 Å². The number of aromatic nitrogens is 5. The van der Waals surface area contributed by atoms with Crippen LogP contribution in [0.2, 0.25) is 4.34 Å². The number of halogens is 1. The summed E-state index contributed by atoms with van der Waals surface area (Å²) in [7, 11) is -3.66. The van der Waals surface area contributed by atoms with Crippen molar-refractivity contribution < 1.29 is 8.42 Å². The fraction of sp³-hybridized carbons (Fsp3) is 0.167. The first-order valence-corrected chi connectivity index (χ1v) is 9.32. The molecule has 0 saturated carbocycles. The van der Waals surface area contributed by atoms with Crippen molar-refractivity contribution in [3.63, 3.8) is 0 Å². The highest BCUT2D eigenvalue weighted by Crippen LogP contribution is 2.25. The first-order valence-electron chi connectivity index (χ1n) is 6.64. The van der Waals surface area contributed by atoms with Crippen molar-refractivity contribution >= 4 is 33.0 Å². The van der Waals surface area contributed by atoms with Crippen LogP contribution in [0, 0.1) is 0 Å². The number of nitrogens with zero attached hydrogens (tertiary/aromatic N) is 5. The van der Waals surface area contributed by atoms with Crippen molar-refractivity contribution in [2.45, 2.75) is 10.8 Å². The maximum Gasteiger partial charge on any atom is 0.266 e. The van der Waals surface area contributed by atoms with Gasteiger partial charge in [-0.2, -0.15) is 5.10 Å². The van der Waals surface area contributed by atoms with Crippen LogP contribution < -0.4 is 10.3 Å². The number of hydrogen-bond acceptors (Lipinski definition) is 7. The van der Waals surface area contributed by atoms with Crippen LogP contribution in [0.5, 0.6) is 0 Å². The zero-order chi connectivity index (χ0) is 17.2. The van der Waals surface area contributed by atoms with E-state index in [1.165, 1.54) is 41.6 Å². The van der Waals surface area contributed by atoms with Gasteiger partial charge in [0.15, 0.2) is 5.82 Å². The van der Waals surface area contributed by atoms with E-state index in [0.717, 1.165) is 16.0 Å². The lowest BCUT2D eigenvalue weighted by Gasteiger charge is -2.08. The van der Waals surface area contributed by atoms with Gasteiger partial charge in [-0.3, -0.25) is 4.79 Å². The van der Waals surface area contributed by atoms with E-state index in [1.807, 2.05) is 0 Å². The molecule has 0 aliphatic heterocycles. The third-order valence-corrected chi connectivity index (χ3v) is 6.12. The Morgan fingerprint density at radius 2 is 2.08 bits per heavy atom. The standard InChI is InChI=1S/C12H11ClN6O3S2/c13-9-1-4-12(23-9)24(21,22)16-5-6-18-11(20)3-2-10(17-18)19-8-14-7-15-19/h1-4,7-8,16H,5-6H2. The van der Waals surface area contributed by atoms with E-state index >= 15 is 0 Å². The molecule has 1 N–H and O–H groups in total. The van der Waals surface area contributed by atoms with Crippen molar-refractivity contribution in [2.75, 3.05) is 6.54 Å². The maximum atomic E-state index is 12.1. The predicted molar refractivity (Wildman–Crippen MR) is 87.9 cm³/mol. The van der Waals surface area contributed by atoms with Crippen LogP contribution in [-0.2, 0) is 16.6 Å². The van der Waals surface area contributed by atoms with Crippen LogP contribution in [0.25, 0.3) is 5.82 Å². The van der Waals surface area contributed by atoms with Gasteiger partial charge in [0, 0.05) is 12.6 Å². The van der Waals surface area contributed by atoms with Gasteiger partial charge in [0.05, 0.1) is 10.9 Å². The van der Waals surface area contributed by atoms with Gasteiger partial charge in [-0.1, -0.05) is 11.6 Å². The summed E-state index contributed by atoms with van der Waals surface area (Å²) in [6, 6.07) is 5.77. The molecule has 3 aromatic rings. The number of sulfonamides is 1. The lowest BCUT2D eigenvalue weighted by atomic mass is 10.5. The smallest absolute Gasteiger partial charge is 0.266 e. The molecule has 0 unspecified atom stereocenters. The molecule has 0 amide bonds. The molecule has 24 heavy (non-hydrogen) atoms. The maximum absolute atomic E-state index is 12.1. The van der Waals surface area contributed by atoms with Gasteiger partial charge in [-0.05, 0) is 18.2 Å². The van der Waals surface area contributed by atoms with Crippen molar-refractivity contribution in [1.82, 2.24) is 29.3 Å². The Labute approximate surface area is 145 Å². The van der Waals surface area contributed by atoms with Crippen molar-refractivity contribution in [3.05, 3.63) is 51.6 Å². The van der Waals surface area contributed by atoms with Crippen LogP contribution in [0.15, 0.2) is 45.9 Å². The van der Waals surface area contributed by atoms with E-state index in [9.17, 15) is 13.2 Å². The second-order valence-corrected chi connectivity index (χ2v) is 8.26. The SMILES string of the molecule is O=c1ccc(-n2cncn2)nn1CCNS(=O)(=O)c1ccc(Cl)s1. The Morgan fingerprint density at radius 1 is 1.25 bits per heavy atom. The van der Waals surface area contributed by atoms with Gasteiger partial charge in [-0.15, -0.1) is 16.4 Å². The third-order valence-electron chi connectivity index (χ3n) is 2.94. The zero-order valence-corrected chi connectivity index (χ0v) is 14.4. The number of hydrogen-bond donors (Lipinski definition) is 1. The minimum Gasteiger partial charge on any atom is -0.268 e. The molecule has 0 spiro atoms. The van der Waals surface area contributed by atoms with Gasteiger partial charge in [0.2, 0.25) is 10.0 Å². The molecule has 0 atom stereocenters. The fourth-order valence-corrected chi connectivity index (χ4v) is 4.39. The van der Waals surface area contributed by atoms with E-state index in [2.05, 4.69) is 19.9 Å². The number of rotatable bonds is 6. The predicted octanol–water partition coefficient (Wildman–Crippen LogP) is 0.517. The topological polar surface area (TPSA) is 112 Å². The number of nitrogens with one attached hydrogen (secondary N) is 1. The fourth-order valence-electron chi connectivity index (χ4n) is 1.85. The monoisotopic (exact) mass is 386 g/mol. The van der Waals surface area contributed by atoms with Gasteiger partial charge < -0.3 is 0 Å². The summed E-state index contributed by atoms with van der Waals surface area (Å²) in [6.07, 6.45) is 2.79. The van der Waals surface area contributed by atoms with Crippen LogP contribution in [0.1, 0.15) is 0 Å². The summed E-state index contributed by atoms with van der Waals surface area (Å²) in [5, 5.41) is 8.05. The van der Waals surface area contributed by atoms with E-state index < -0.39 is 10.0 Å². The average molecular weight is 387 g/mol. The minimum absolute atomic E-state index is 0.00553. The molecule has 9 nitrogen and oxygen atoms in total. The summed E-state index contributed by atoms with van der Waals surface area (Å²) in [5.41, 5.74) is -0.350. The normalized spacial score (nSPS) is 11.7. The molecular weight excluding hydrogens is 376 g/mol. The van der Waals surface area contributed by atoms with Crippen molar-refractivity contribution in [1.29, 1.82) is 0 Å². The molecule has 3 rings (SSSR count). The zero-order valence-electron chi connectivity index (χ0n) is 12.0.